The summed E-state index contributed by atoms with van der Waals surface area (Å²) in [5, 5.41) is 0. The third-order valence-electron chi connectivity index (χ3n) is 2.12. The molecule has 13 heavy (non-hydrogen) atoms. The van der Waals surface area contributed by atoms with Crippen LogP contribution in [0.15, 0.2) is 11.8 Å². The van der Waals surface area contributed by atoms with E-state index in [1.807, 2.05) is 0 Å². The van der Waals surface area contributed by atoms with E-state index in [1.165, 1.54) is 18.1 Å². The lowest BCUT2D eigenvalue weighted by atomic mass is 10.1. The third kappa shape index (κ3) is 1.21. The predicted octanol–water partition coefficient (Wildman–Crippen LogP) is -0.368. The van der Waals surface area contributed by atoms with E-state index in [4.69, 9.17) is 4.74 Å². The van der Waals surface area contributed by atoms with E-state index in [2.05, 4.69) is 4.74 Å². The van der Waals surface area contributed by atoms with E-state index < -0.39 is 5.97 Å². The van der Waals surface area contributed by atoms with E-state index in [1.54, 1.807) is 0 Å². The summed E-state index contributed by atoms with van der Waals surface area (Å²) in [4.78, 5) is 23.4. The van der Waals surface area contributed by atoms with Gasteiger partial charge in [0.1, 0.15) is 6.23 Å². The first kappa shape index (κ1) is 8.25. The second-order valence-corrected chi connectivity index (χ2v) is 2.89. The molecule has 2 rings (SSSR count). The van der Waals surface area contributed by atoms with Crippen molar-refractivity contribution in [3.63, 3.8) is 0 Å². The summed E-state index contributed by atoms with van der Waals surface area (Å²) in [6.45, 7) is 0.311. The lowest BCUT2D eigenvalue weighted by Crippen LogP contribution is -2.47. The lowest BCUT2D eigenvalue weighted by molar-refractivity contribution is -0.153. The standard InChI is InChI=1S/C8H9NO4/c1-12-8(11)2-5-4-13-7-3-6(10)9(5)7/h2,7H,3-4H2,1H3/b5-2-. The molecule has 5 nitrogen and oxygen atoms in total. The van der Waals surface area contributed by atoms with Crippen molar-refractivity contribution in [1.29, 1.82) is 0 Å². The van der Waals surface area contributed by atoms with Crippen molar-refractivity contribution < 1.29 is 19.1 Å². The highest BCUT2D eigenvalue weighted by Crippen LogP contribution is 2.31. The largest absolute Gasteiger partial charge is 0.466 e. The Hall–Kier alpha value is -1.36. The number of hydrogen-bond acceptors (Lipinski definition) is 4. The number of ether oxygens (including phenoxy) is 2. The number of methoxy groups -OCH3 is 1. The average molecular weight is 183 g/mol. The first-order valence-corrected chi connectivity index (χ1v) is 3.94. The number of hydrogen-bond donors (Lipinski definition) is 0. The number of β-lactam (4-membered cyclic amide) rings is 1. The van der Waals surface area contributed by atoms with Crippen molar-refractivity contribution in [1.82, 2.24) is 4.90 Å². The molecule has 0 aromatic carbocycles. The van der Waals surface area contributed by atoms with Gasteiger partial charge in [-0.25, -0.2) is 4.79 Å². The van der Waals surface area contributed by atoms with Crippen molar-refractivity contribution in [2.75, 3.05) is 13.7 Å². The molecule has 2 saturated heterocycles. The summed E-state index contributed by atoms with van der Waals surface area (Å²) in [5.74, 6) is -0.461. The van der Waals surface area contributed by atoms with Gasteiger partial charge >= 0.3 is 5.97 Å². The molecular formula is C8H9NO4. The van der Waals surface area contributed by atoms with Gasteiger partial charge in [-0.2, -0.15) is 0 Å². The minimum absolute atomic E-state index is 0.00217. The molecule has 0 aliphatic carbocycles. The Morgan fingerprint density at radius 1 is 1.77 bits per heavy atom. The molecule has 0 aromatic heterocycles. The topological polar surface area (TPSA) is 55.8 Å². The molecule has 0 saturated carbocycles. The molecule has 0 N–H and O–H groups in total. The van der Waals surface area contributed by atoms with Gasteiger partial charge < -0.3 is 9.47 Å². The Morgan fingerprint density at radius 3 is 3.15 bits per heavy atom. The molecule has 0 radical (unpaired) electrons. The van der Waals surface area contributed by atoms with Crippen LogP contribution in [-0.4, -0.2) is 36.7 Å². The normalized spacial score (nSPS) is 28.7. The van der Waals surface area contributed by atoms with E-state index in [0.717, 1.165) is 0 Å². The molecule has 2 aliphatic heterocycles. The maximum atomic E-state index is 11.0. The Bertz CT molecular complexity index is 297. The number of amides is 1. The van der Waals surface area contributed by atoms with Gasteiger partial charge in [0, 0.05) is 6.08 Å². The van der Waals surface area contributed by atoms with E-state index >= 15 is 0 Å². The molecular weight excluding hydrogens is 174 g/mol. The maximum Gasteiger partial charge on any atom is 0.332 e. The van der Waals surface area contributed by atoms with E-state index in [-0.39, 0.29) is 12.1 Å². The third-order valence-corrected chi connectivity index (χ3v) is 2.12. The highest BCUT2D eigenvalue weighted by Gasteiger charge is 2.44. The molecule has 1 unspecified atom stereocenters. The van der Waals surface area contributed by atoms with Crippen molar-refractivity contribution in [3.8, 4) is 0 Å². The Labute approximate surface area is 74.9 Å². The molecule has 0 spiro atoms. The van der Waals surface area contributed by atoms with Gasteiger partial charge in [-0.05, 0) is 0 Å². The minimum atomic E-state index is -0.459. The van der Waals surface area contributed by atoms with Crippen molar-refractivity contribution in [2.24, 2.45) is 0 Å². The number of carbonyl (C=O) groups excluding carboxylic acids is 2. The number of nitrogens with zero attached hydrogens (tertiary/aromatic N) is 1. The first-order valence-electron chi connectivity index (χ1n) is 3.94. The molecule has 2 aliphatic rings. The van der Waals surface area contributed by atoms with Gasteiger partial charge in [-0.15, -0.1) is 0 Å². The minimum Gasteiger partial charge on any atom is -0.466 e. The Balaban J connectivity index is 2.12. The highest BCUT2D eigenvalue weighted by molar-refractivity contribution is 5.88. The molecule has 5 heteroatoms. The SMILES string of the molecule is COC(=O)/C=C1/COC2CC(=O)N12. The van der Waals surface area contributed by atoms with Crippen LogP contribution in [0.5, 0.6) is 0 Å². The summed E-state index contributed by atoms with van der Waals surface area (Å²) in [5.41, 5.74) is 0.591. The van der Waals surface area contributed by atoms with Crippen LogP contribution in [0.2, 0.25) is 0 Å². The summed E-state index contributed by atoms with van der Waals surface area (Å²) in [6.07, 6.45) is 1.55. The quantitative estimate of drug-likeness (QED) is 0.316. The highest BCUT2D eigenvalue weighted by atomic mass is 16.5. The van der Waals surface area contributed by atoms with Crippen molar-refractivity contribution in [3.05, 3.63) is 11.8 Å². The van der Waals surface area contributed by atoms with Crippen LogP contribution in [0.3, 0.4) is 0 Å². The van der Waals surface area contributed by atoms with Gasteiger partial charge in [-0.3, -0.25) is 9.69 Å². The molecule has 0 bridgehead atoms. The lowest BCUT2D eigenvalue weighted by Gasteiger charge is -2.32. The molecule has 2 fully saturated rings. The van der Waals surface area contributed by atoms with Gasteiger partial charge in [0.15, 0.2) is 0 Å². The fraction of sp³-hybridized carbons (Fsp3) is 0.500. The summed E-state index contributed by atoms with van der Waals surface area (Å²) in [6, 6.07) is 0. The number of rotatable bonds is 1. The van der Waals surface area contributed by atoms with Crippen LogP contribution in [0, 0.1) is 0 Å². The van der Waals surface area contributed by atoms with E-state index in [0.29, 0.717) is 18.7 Å². The second-order valence-electron chi connectivity index (χ2n) is 2.89. The van der Waals surface area contributed by atoms with Crippen LogP contribution >= 0.6 is 0 Å². The summed E-state index contributed by atoms with van der Waals surface area (Å²) in [7, 11) is 1.30. The molecule has 70 valence electrons. The monoisotopic (exact) mass is 183 g/mol. The molecule has 1 amide bonds. The number of fused-ring (bicyclic) bond motifs is 1. The molecule has 0 aromatic rings. The fourth-order valence-corrected chi connectivity index (χ4v) is 1.42. The van der Waals surface area contributed by atoms with Crippen LogP contribution in [0.4, 0.5) is 0 Å². The average Bonchev–Trinajstić information content (AvgIpc) is 2.41. The van der Waals surface area contributed by atoms with Gasteiger partial charge in [0.2, 0.25) is 5.91 Å². The smallest absolute Gasteiger partial charge is 0.332 e. The zero-order valence-corrected chi connectivity index (χ0v) is 7.15. The van der Waals surface area contributed by atoms with Crippen LogP contribution in [-0.2, 0) is 19.1 Å². The Kier molecular flexibility index (Phi) is 1.81. The molecule has 1 atom stereocenters. The zero-order chi connectivity index (χ0) is 9.42. The van der Waals surface area contributed by atoms with Crippen molar-refractivity contribution >= 4 is 11.9 Å². The maximum absolute atomic E-state index is 11.0. The van der Waals surface area contributed by atoms with E-state index in [9.17, 15) is 9.59 Å². The summed E-state index contributed by atoms with van der Waals surface area (Å²) < 4.78 is 9.66. The Morgan fingerprint density at radius 2 is 2.54 bits per heavy atom. The summed E-state index contributed by atoms with van der Waals surface area (Å²) >= 11 is 0. The van der Waals surface area contributed by atoms with Crippen LogP contribution in [0.1, 0.15) is 6.42 Å². The fourth-order valence-electron chi connectivity index (χ4n) is 1.42. The number of esters is 1. The second kappa shape index (κ2) is 2.85. The van der Waals surface area contributed by atoms with Crippen molar-refractivity contribution in [2.45, 2.75) is 12.6 Å². The first-order chi connectivity index (χ1) is 6.22. The van der Waals surface area contributed by atoms with Gasteiger partial charge in [-0.1, -0.05) is 0 Å². The van der Waals surface area contributed by atoms with Gasteiger partial charge in [0.05, 0.1) is 25.8 Å². The zero-order valence-electron chi connectivity index (χ0n) is 7.15. The number of carbonyl (C=O) groups is 2. The van der Waals surface area contributed by atoms with Gasteiger partial charge in [0.25, 0.3) is 0 Å². The molecule has 2 heterocycles. The van der Waals surface area contributed by atoms with Crippen LogP contribution < -0.4 is 0 Å². The predicted molar refractivity (Wildman–Crippen MR) is 41.3 cm³/mol. The van der Waals surface area contributed by atoms with Crippen LogP contribution in [0.25, 0.3) is 0 Å².